The molecule has 0 atom stereocenters. The van der Waals surface area contributed by atoms with Crippen molar-refractivity contribution in [3.63, 3.8) is 0 Å². The van der Waals surface area contributed by atoms with E-state index < -0.39 is 0 Å². The van der Waals surface area contributed by atoms with Crippen LogP contribution in [-0.4, -0.2) is 4.98 Å². The minimum atomic E-state index is 0.748. The largest absolute Gasteiger partial charge is 0.458 e. The Hall–Kier alpha value is -1.90. The lowest BCUT2D eigenvalue weighted by Gasteiger charge is -2.12. The molecule has 0 radical (unpaired) electrons. The molecule has 2 aromatic rings. The summed E-state index contributed by atoms with van der Waals surface area (Å²) in [6.45, 7) is 0. The normalized spacial score (nSPS) is 13.5. The smallest absolute Gasteiger partial charge is 0.193 e. The van der Waals surface area contributed by atoms with Crippen molar-refractivity contribution in [2.45, 2.75) is 0 Å². The van der Waals surface area contributed by atoms with Gasteiger partial charge in [-0.3, -0.25) is 0 Å². The second-order valence-corrected chi connectivity index (χ2v) is 2.84. The molecular weight excluding hydrogens is 166 g/mol. The number of nitrogens with one attached hydrogen (secondary N) is 1. The standard InChI is InChI=1S/C10H7NO2/c1-2-8-10(13-6-5-12-8)9-7(1)3-4-11-9/h1-6,11H. The highest BCUT2D eigenvalue weighted by Crippen LogP contribution is 2.36. The van der Waals surface area contributed by atoms with E-state index in [9.17, 15) is 0 Å². The first-order valence-corrected chi connectivity index (χ1v) is 4.03. The molecule has 13 heavy (non-hydrogen) atoms. The van der Waals surface area contributed by atoms with Crippen LogP contribution in [0.4, 0.5) is 0 Å². The Morgan fingerprint density at radius 2 is 1.92 bits per heavy atom. The van der Waals surface area contributed by atoms with Crippen molar-refractivity contribution in [1.29, 1.82) is 0 Å². The predicted octanol–water partition coefficient (Wildman–Crippen LogP) is 2.41. The number of hydrogen-bond acceptors (Lipinski definition) is 2. The zero-order valence-corrected chi connectivity index (χ0v) is 6.78. The SMILES string of the molecule is C1=COc2c(ccc3cc[nH]c23)O1. The Bertz CT molecular complexity index is 485. The van der Waals surface area contributed by atoms with Crippen LogP contribution in [0.15, 0.2) is 36.9 Å². The molecule has 0 aliphatic carbocycles. The summed E-state index contributed by atoms with van der Waals surface area (Å²) in [7, 11) is 0. The minimum absolute atomic E-state index is 0.748. The summed E-state index contributed by atoms with van der Waals surface area (Å²) in [5.41, 5.74) is 0.974. The van der Waals surface area contributed by atoms with Gasteiger partial charge in [0.2, 0.25) is 0 Å². The molecule has 64 valence electrons. The number of hydrogen-bond donors (Lipinski definition) is 1. The molecule has 3 heteroatoms. The van der Waals surface area contributed by atoms with E-state index in [4.69, 9.17) is 9.47 Å². The highest BCUT2D eigenvalue weighted by Gasteiger charge is 2.12. The molecule has 1 aliphatic heterocycles. The predicted molar refractivity (Wildman–Crippen MR) is 48.7 cm³/mol. The van der Waals surface area contributed by atoms with Crippen LogP contribution in [0.3, 0.4) is 0 Å². The molecule has 1 aromatic heterocycles. The van der Waals surface area contributed by atoms with Crippen molar-refractivity contribution in [2.75, 3.05) is 0 Å². The first-order valence-electron chi connectivity index (χ1n) is 4.03. The lowest BCUT2D eigenvalue weighted by molar-refractivity contribution is 0.365. The Morgan fingerprint density at radius 1 is 1.00 bits per heavy atom. The van der Waals surface area contributed by atoms with Crippen LogP contribution < -0.4 is 9.47 Å². The fourth-order valence-electron chi connectivity index (χ4n) is 1.49. The van der Waals surface area contributed by atoms with Crippen LogP contribution in [0.5, 0.6) is 11.5 Å². The highest BCUT2D eigenvalue weighted by atomic mass is 16.5. The van der Waals surface area contributed by atoms with E-state index in [-0.39, 0.29) is 0 Å². The van der Waals surface area contributed by atoms with Crippen LogP contribution in [0.2, 0.25) is 0 Å². The van der Waals surface area contributed by atoms with E-state index in [0.29, 0.717) is 0 Å². The molecule has 0 amide bonds. The van der Waals surface area contributed by atoms with Gasteiger partial charge < -0.3 is 14.5 Å². The fourth-order valence-corrected chi connectivity index (χ4v) is 1.49. The summed E-state index contributed by atoms with van der Waals surface area (Å²) in [6, 6.07) is 5.89. The van der Waals surface area contributed by atoms with Crippen LogP contribution in [-0.2, 0) is 0 Å². The summed E-state index contributed by atoms with van der Waals surface area (Å²) in [4.78, 5) is 3.11. The molecule has 0 fully saturated rings. The summed E-state index contributed by atoms with van der Waals surface area (Å²) >= 11 is 0. The van der Waals surface area contributed by atoms with E-state index in [1.807, 2.05) is 24.4 Å². The number of aromatic nitrogens is 1. The maximum Gasteiger partial charge on any atom is 0.193 e. The van der Waals surface area contributed by atoms with Gasteiger partial charge in [0, 0.05) is 11.6 Å². The van der Waals surface area contributed by atoms with E-state index in [2.05, 4.69) is 4.98 Å². The van der Waals surface area contributed by atoms with Gasteiger partial charge in [-0.05, 0) is 18.2 Å². The average Bonchev–Trinajstić information content (AvgIpc) is 2.65. The van der Waals surface area contributed by atoms with E-state index in [1.54, 1.807) is 0 Å². The van der Waals surface area contributed by atoms with Crippen molar-refractivity contribution in [2.24, 2.45) is 0 Å². The number of benzene rings is 1. The molecule has 3 nitrogen and oxygen atoms in total. The minimum Gasteiger partial charge on any atom is -0.458 e. The van der Waals surface area contributed by atoms with Crippen LogP contribution in [0.25, 0.3) is 10.9 Å². The van der Waals surface area contributed by atoms with Crippen molar-refractivity contribution in [1.82, 2.24) is 4.98 Å². The third-order valence-electron chi connectivity index (χ3n) is 2.08. The van der Waals surface area contributed by atoms with Gasteiger partial charge >= 0.3 is 0 Å². The van der Waals surface area contributed by atoms with Gasteiger partial charge in [0.15, 0.2) is 11.5 Å². The molecule has 0 saturated carbocycles. The highest BCUT2D eigenvalue weighted by molar-refractivity contribution is 5.88. The van der Waals surface area contributed by atoms with Crippen molar-refractivity contribution < 1.29 is 9.47 Å². The second-order valence-electron chi connectivity index (χ2n) is 2.84. The third kappa shape index (κ3) is 0.839. The number of H-pyrrole nitrogens is 1. The van der Waals surface area contributed by atoms with Gasteiger partial charge in [-0.25, -0.2) is 0 Å². The molecule has 0 bridgehead atoms. The van der Waals surface area contributed by atoms with Crippen LogP contribution >= 0.6 is 0 Å². The Labute approximate surface area is 74.6 Å². The zero-order valence-electron chi connectivity index (χ0n) is 6.78. The van der Waals surface area contributed by atoms with Gasteiger partial charge in [0.1, 0.15) is 12.5 Å². The average molecular weight is 173 g/mol. The molecular formula is C10H7NO2. The number of ether oxygens (including phenoxy) is 2. The van der Waals surface area contributed by atoms with Gasteiger partial charge in [-0.15, -0.1) is 0 Å². The van der Waals surface area contributed by atoms with E-state index in [1.165, 1.54) is 12.5 Å². The first-order chi connectivity index (χ1) is 6.45. The van der Waals surface area contributed by atoms with Crippen molar-refractivity contribution >= 4 is 10.9 Å². The third-order valence-corrected chi connectivity index (χ3v) is 2.08. The number of fused-ring (bicyclic) bond motifs is 3. The number of aromatic amines is 1. The summed E-state index contributed by atoms with van der Waals surface area (Å²) < 4.78 is 10.6. The van der Waals surface area contributed by atoms with Crippen LogP contribution in [0.1, 0.15) is 0 Å². The van der Waals surface area contributed by atoms with Crippen molar-refractivity contribution in [3.05, 3.63) is 36.9 Å². The molecule has 0 unspecified atom stereocenters. The topological polar surface area (TPSA) is 34.2 Å². The fraction of sp³-hybridized carbons (Fsp3) is 0. The maximum atomic E-state index is 5.36. The molecule has 1 aromatic carbocycles. The van der Waals surface area contributed by atoms with Gasteiger partial charge in [-0.2, -0.15) is 0 Å². The first kappa shape index (κ1) is 6.60. The lowest BCUT2D eigenvalue weighted by Crippen LogP contribution is -1.96. The lowest BCUT2D eigenvalue weighted by atomic mass is 10.2. The molecule has 3 rings (SSSR count). The molecule has 0 spiro atoms. The Morgan fingerprint density at radius 3 is 2.92 bits per heavy atom. The maximum absolute atomic E-state index is 5.36. The van der Waals surface area contributed by atoms with Crippen molar-refractivity contribution in [3.8, 4) is 11.5 Å². The second kappa shape index (κ2) is 2.29. The van der Waals surface area contributed by atoms with E-state index >= 15 is 0 Å². The summed E-state index contributed by atoms with van der Waals surface area (Å²) in [5, 5.41) is 1.12. The Balaban J connectivity index is 2.38. The van der Waals surface area contributed by atoms with Gasteiger partial charge in [-0.1, -0.05) is 0 Å². The Kier molecular flexibility index (Phi) is 1.16. The van der Waals surface area contributed by atoms with Gasteiger partial charge in [0.05, 0.1) is 5.52 Å². The monoisotopic (exact) mass is 173 g/mol. The van der Waals surface area contributed by atoms with E-state index in [0.717, 1.165) is 22.4 Å². The van der Waals surface area contributed by atoms with Crippen LogP contribution in [0, 0.1) is 0 Å². The molecule has 0 saturated heterocycles. The summed E-state index contributed by atoms with van der Waals surface area (Å²) in [5.74, 6) is 1.50. The summed E-state index contributed by atoms with van der Waals surface area (Å²) in [6.07, 6.45) is 4.94. The number of rotatable bonds is 0. The quantitative estimate of drug-likeness (QED) is 0.663. The van der Waals surface area contributed by atoms with Gasteiger partial charge in [0.25, 0.3) is 0 Å². The molecule has 1 aliphatic rings. The zero-order chi connectivity index (χ0) is 8.67. The molecule has 2 heterocycles. The molecule has 1 N–H and O–H groups in total.